The molecular formula is C17H17N5O. The Bertz CT molecular complexity index is 830. The molecule has 0 saturated carbocycles. The molecule has 23 heavy (non-hydrogen) atoms. The molecule has 2 amide bonds. The van der Waals surface area contributed by atoms with Crippen LogP contribution in [0.5, 0.6) is 0 Å². The Labute approximate surface area is 134 Å². The molecule has 0 bridgehead atoms. The maximum absolute atomic E-state index is 12.1. The van der Waals surface area contributed by atoms with Gasteiger partial charge in [-0.1, -0.05) is 0 Å². The summed E-state index contributed by atoms with van der Waals surface area (Å²) in [5, 5.41) is 5.59. The van der Waals surface area contributed by atoms with Crippen molar-refractivity contribution in [3.63, 3.8) is 0 Å². The molecule has 0 atom stereocenters. The zero-order chi connectivity index (χ0) is 16.2. The number of fused-ring (bicyclic) bond motifs is 1. The molecule has 0 fully saturated rings. The van der Waals surface area contributed by atoms with Crippen LogP contribution in [-0.2, 0) is 0 Å². The first kappa shape index (κ1) is 14.8. The van der Waals surface area contributed by atoms with Crippen LogP contribution in [0.25, 0.3) is 11.0 Å². The van der Waals surface area contributed by atoms with Gasteiger partial charge in [0.15, 0.2) is 0 Å². The highest BCUT2D eigenvalue weighted by Gasteiger charge is 2.04. The van der Waals surface area contributed by atoms with E-state index in [1.165, 1.54) is 0 Å². The number of amides is 2. The quantitative estimate of drug-likeness (QED) is 0.778. The van der Waals surface area contributed by atoms with Crippen LogP contribution < -0.4 is 15.5 Å². The lowest BCUT2D eigenvalue weighted by Gasteiger charge is -2.13. The molecule has 0 aliphatic heterocycles. The minimum Gasteiger partial charge on any atom is -0.378 e. The van der Waals surface area contributed by atoms with Crippen molar-refractivity contribution in [1.29, 1.82) is 0 Å². The molecule has 2 N–H and O–H groups in total. The van der Waals surface area contributed by atoms with Crippen molar-refractivity contribution >= 4 is 34.1 Å². The van der Waals surface area contributed by atoms with E-state index >= 15 is 0 Å². The molecule has 0 aliphatic carbocycles. The van der Waals surface area contributed by atoms with E-state index in [-0.39, 0.29) is 6.03 Å². The first-order valence-corrected chi connectivity index (χ1v) is 7.18. The molecule has 6 nitrogen and oxygen atoms in total. The standard InChI is InChI=1S/C17H17N5O/c1-22(2)14-6-3-12(4-7-14)20-17(23)21-13-5-8-15-16(11-13)19-10-9-18-15/h3-11H,1-2H3,(H2,20,21,23). The lowest BCUT2D eigenvalue weighted by atomic mass is 10.2. The van der Waals surface area contributed by atoms with Crippen molar-refractivity contribution in [3.8, 4) is 0 Å². The Balaban J connectivity index is 1.68. The Hall–Kier alpha value is -3.15. The maximum Gasteiger partial charge on any atom is 0.323 e. The summed E-state index contributed by atoms with van der Waals surface area (Å²) in [5.41, 5.74) is 4.00. The van der Waals surface area contributed by atoms with Crippen LogP contribution in [-0.4, -0.2) is 30.1 Å². The van der Waals surface area contributed by atoms with Crippen molar-refractivity contribution in [2.24, 2.45) is 0 Å². The second-order valence-corrected chi connectivity index (χ2v) is 5.28. The molecule has 3 rings (SSSR count). The van der Waals surface area contributed by atoms with Gasteiger partial charge >= 0.3 is 6.03 Å². The summed E-state index contributed by atoms with van der Waals surface area (Å²) in [6.07, 6.45) is 3.26. The van der Waals surface area contributed by atoms with Gasteiger partial charge in [-0.2, -0.15) is 0 Å². The fourth-order valence-corrected chi connectivity index (χ4v) is 2.18. The third-order valence-electron chi connectivity index (χ3n) is 3.37. The lowest BCUT2D eigenvalue weighted by Crippen LogP contribution is -2.19. The van der Waals surface area contributed by atoms with E-state index in [1.807, 2.05) is 49.3 Å². The highest BCUT2D eigenvalue weighted by atomic mass is 16.2. The molecule has 0 aliphatic rings. The Kier molecular flexibility index (Phi) is 4.05. The smallest absolute Gasteiger partial charge is 0.323 e. The van der Waals surface area contributed by atoms with Crippen LogP contribution in [0.1, 0.15) is 0 Å². The number of aromatic nitrogens is 2. The van der Waals surface area contributed by atoms with Gasteiger partial charge in [-0.15, -0.1) is 0 Å². The number of urea groups is 1. The van der Waals surface area contributed by atoms with Crippen molar-refractivity contribution < 1.29 is 4.79 Å². The highest BCUT2D eigenvalue weighted by Crippen LogP contribution is 2.17. The summed E-state index contributed by atoms with van der Waals surface area (Å²) in [6.45, 7) is 0. The van der Waals surface area contributed by atoms with E-state index in [0.29, 0.717) is 5.69 Å². The number of rotatable bonds is 3. The van der Waals surface area contributed by atoms with Gasteiger partial charge in [0, 0.05) is 43.6 Å². The van der Waals surface area contributed by atoms with E-state index in [0.717, 1.165) is 22.4 Å². The predicted octanol–water partition coefficient (Wildman–Crippen LogP) is 3.34. The summed E-state index contributed by atoms with van der Waals surface area (Å²) in [5.74, 6) is 0. The predicted molar refractivity (Wildman–Crippen MR) is 92.9 cm³/mol. The van der Waals surface area contributed by atoms with Crippen LogP contribution >= 0.6 is 0 Å². The summed E-state index contributed by atoms with van der Waals surface area (Å²) >= 11 is 0. The van der Waals surface area contributed by atoms with Crippen LogP contribution in [0.15, 0.2) is 54.9 Å². The number of benzene rings is 2. The number of anilines is 3. The van der Waals surface area contributed by atoms with Crippen molar-refractivity contribution in [3.05, 3.63) is 54.9 Å². The summed E-state index contributed by atoms with van der Waals surface area (Å²) in [4.78, 5) is 22.5. The average molecular weight is 307 g/mol. The number of nitrogens with one attached hydrogen (secondary N) is 2. The van der Waals surface area contributed by atoms with Gasteiger partial charge in [-0.25, -0.2) is 4.79 Å². The number of nitrogens with zero attached hydrogens (tertiary/aromatic N) is 3. The summed E-state index contributed by atoms with van der Waals surface area (Å²) < 4.78 is 0. The van der Waals surface area contributed by atoms with Gasteiger partial charge in [0.1, 0.15) is 0 Å². The minimum absolute atomic E-state index is 0.300. The molecule has 0 saturated heterocycles. The number of hydrogen-bond acceptors (Lipinski definition) is 4. The first-order chi connectivity index (χ1) is 11.1. The van der Waals surface area contributed by atoms with Gasteiger partial charge in [-0.3, -0.25) is 9.97 Å². The topological polar surface area (TPSA) is 70.2 Å². The zero-order valence-electron chi connectivity index (χ0n) is 12.9. The van der Waals surface area contributed by atoms with Crippen molar-refractivity contribution in [1.82, 2.24) is 9.97 Å². The Morgan fingerprint density at radius 1 is 0.870 bits per heavy atom. The molecule has 0 spiro atoms. The molecule has 1 heterocycles. The normalized spacial score (nSPS) is 10.3. The molecule has 2 aromatic carbocycles. The van der Waals surface area contributed by atoms with Crippen LogP contribution in [0.4, 0.5) is 21.9 Å². The van der Waals surface area contributed by atoms with Gasteiger partial charge in [-0.05, 0) is 42.5 Å². The SMILES string of the molecule is CN(C)c1ccc(NC(=O)Nc2ccc3nccnc3c2)cc1. The molecule has 0 radical (unpaired) electrons. The highest BCUT2D eigenvalue weighted by molar-refractivity contribution is 6.00. The molecule has 116 valence electrons. The Morgan fingerprint density at radius 2 is 1.48 bits per heavy atom. The van der Waals surface area contributed by atoms with Gasteiger partial charge < -0.3 is 15.5 Å². The second-order valence-electron chi connectivity index (χ2n) is 5.28. The monoisotopic (exact) mass is 307 g/mol. The average Bonchev–Trinajstić information content (AvgIpc) is 2.55. The molecule has 0 unspecified atom stereocenters. The molecular weight excluding hydrogens is 290 g/mol. The first-order valence-electron chi connectivity index (χ1n) is 7.18. The third kappa shape index (κ3) is 3.55. The third-order valence-corrected chi connectivity index (χ3v) is 3.37. The number of carbonyl (C=O) groups excluding carboxylic acids is 1. The van der Waals surface area contributed by atoms with E-state index in [1.54, 1.807) is 24.5 Å². The van der Waals surface area contributed by atoms with Crippen molar-refractivity contribution in [2.45, 2.75) is 0 Å². The maximum atomic E-state index is 12.1. The van der Waals surface area contributed by atoms with Crippen LogP contribution in [0.2, 0.25) is 0 Å². The lowest BCUT2D eigenvalue weighted by molar-refractivity contribution is 0.262. The molecule has 1 aromatic heterocycles. The van der Waals surface area contributed by atoms with Gasteiger partial charge in [0.05, 0.1) is 11.0 Å². The van der Waals surface area contributed by atoms with Crippen LogP contribution in [0.3, 0.4) is 0 Å². The zero-order valence-corrected chi connectivity index (χ0v) is 12.9. The largest absolute Gasteiger partial charge is 0.378 e. The molecule has 3 aromatic rings. The van der Waals surface area contributed by atoms with E-state index in [4.69, 9.17) is 0 Å². The summed E-state index contributed by atoms with van der Waals surface area (Å²) in [7, 11) is 3.94. The molecule has 6 heteroatoms. The fourth-order valence-electron chi connectivity index (χ4n) is 2.18. The van der Waals surface area contributed by atoms with E-state index in [9.17, 15) is 4.79 Å². The van der Waals surface area contributed by atoms with Gasteiger partial charge in [0.2, 0.25) is 0 Å². The minimum atomic E-state index is -0.300. The van der Waals surface area contributed by atoms with E-state index in [2.05, 4.69) is 20.6 Å². The van der Waals surface area contributed by atoms with Crippen molar-refractivity contribution in [2.75, 3.05) is 29.6 Å². The summed E-state index contributed by atoms with van der Waals surface area (Å²) in [6, 6.07) is 12.7. The number of carbonyl (C=O) groups is 1. The fraction of sp³-hybridized carbons (Fsp3) is 0.118. The van der Waals surface area contributed by atoms with Gasteiger partial charge in [0.25, 0.3) is 0 Å². The van der Waals surface area contributed by atoms with E-state index < -0.39 is 0 Å². The van der Waals surface area contributed by atoms with Crippen LogP contribution in [0, 0.1) is 0 Å². The second kappa shape index (κ2) is 6.31. The Morgan fingerprint density at radius 3 is 2.17 bits per heavy atom. The number of hydrogen-bond donors (Lipinski definition) is 2.